The maximum atomic E-state index is 11.9. The third-order valence-electron chi connectivity index (χ3n) is 3.81. The third-order valence-corrected chi connectivity index (χ3v) is 4.68. The number of thioether (sulfide) groups is 1. The molecule has 3 aromatic rings. The fourth-order valence-electron chi connectivity index (χ4n) is 2.46. The molecule has 0 aliphatic rings. The van der Waals surface area contributed by atoms with Crippen LogP contribution in [0, 0.1) is 17.0 Å². The fraction of sp³-hybridized carbons (Fsp3) is 0.222. The SMILES string of the molecule is Cc1ccc2nc(SCC(=O)NCCNc3ccc([N+](=O)[O-])cc3)[nH]c2c1. The highest BCUT2D eigenvalue weighted by atomic mass is 32.2. The number of fused-ring (bicyclic) bond motifs is 1. The van der Waals surface area contributed by atoms with E-state index in [1.54, 1.807) is 12.1 Å². The van der Waals surface area contributed by atoms with Crippen molar-refractivity contribution < 1.29 is 9.72 Å². The summed E-state index contributed by atoms with van der Waals surface area (Å²) in [6.07, 6.45) is 0. The number of carbonyl (C=O) groups is 1. The number of aromatic nitrogens is 2. The van der Waals surface area contributed by atoms with Crippen molar-refractivity contribution in [3.63, 3.8) is 0 Å². The van der Waals surface area contributed by atoms with Gasteiger partial charge in [-0.1, -0.05) is 17.8 Å². The van der Waals surface area contributed by atoms with Gasteiger partial charge in [-0.05, 0) is 36.8 Å². The molecule has 8 nitrogen and oxygen atoms in total. The van der Waals surface area contributed by atoms with E-state index in [4.69, 9.17) is 0 Å². The Morgan fingerprint density at radius 2 is 2.00 bits per heavy atom. The minimum Gasteiger partial charge on any atom is -0.383 e. The quantitative estimate of drug-likeness (QED) is 0.238. The van der Waals surface area contributed by atoms with Gasteiger partial charge in [0.15, 0.2) is 5.16 Å². The molecule has 0 spiro atoms. The van der Waals surface area contributed by atoms with Crippen LogP contribution in [0.15, 0.2) is 47.6 Å². The lowest BCUT2D eigenvalue weighted by Gasteiger charge is -2.07. The first kappa shape index (κ1) is 18.7. The topological polar surface area (TPSA) is 113 Å². The van der Waals surface area contributed by atoms with Gasteiger partial charge in [0.1, 0.15) is 0 Å². The standard InChI is InChI=1S/C18H19N5O3S/c1-12-2-7-15-16(10-12)22-18(21-15)27-11-17(24)20-9-8-19-13-3-5-14(6-4-13)23(25)26/h2-7,10,19H,8-9,11H2,1H3,(H,20,24)(H,21,22). The maximum Gasteiger partial charge on any atom is 0.269 e. The highest BCUT2D eigenvalue weighted by molar-refractivity contribution is 7.99. The van der Waals surface area contributed by atoms with E-state index in [2.05, 4.69) is 20.6 Å². The van der Waals surface area contributed by atoms with E-state index < -0.39 is 4.92 Å². The lowest BCUT2D eigenvalue weighted by molar-refractivity contribution is -0.384. The molecule has 2 aromatic carbocycles. The van der Waals surface area contributed by atoms with Crippen molar-refractivity contribution in [2.24, 2.45) is 0 Å². The number of nitrogens with zero attached hydrogens (tertiary/aromatic N) is 2. The van der Waals surface area contributed by atoms with Gasteiger partial charge in [-0.2, -0.15) is 0 Å². The zero-order chi connectivity index (χ0) is 19.2. The van der Waals surface area contributed by atoms with Crippen molar-refractivity contribution in [1.82, 2.24) is 15.3 Å². The molecule has 3 rings (SSSR count). The Labute approximate surface area is 159 Å². The largest absolute Gasteiger partial charge is 0.383 e. The van der Waals surface area contributed by atoms with Crippen LogP contribution in [0.5, 0.6) is 0 Å². The van der Waals surface area contributed by atoms with E-state index >= 15 is 0 Å². The molecule has 27 heavy (non-hydrogen) atoms. The molecule has 0 saturated heterocycles. The van der Waals surface area contributed by atoms with Crippen LogP contribution < -0.4 is 10.6 Å². The van der Waals surface area contributed by atoms with Gasteiger partial charge >= 0.3 is 0 Å². The number of rotatable bonds is 8. The van der Waals surface area contributed by atoms with Crippen LogP contribution >= 0.6 is 11.8 Å². The number of imidazole rings is 1. The lowest BCUT2D eigenvalue weighted by atomic mass is 10.2. The molecular formula is C18H19N5O3S. The molecule has 1 amide bonds. The molecule has 3 N–H and O–H groups in total. The van der Waals surface area contributed by atoms with Crippen molar-refractivity contribution >= 4 is 40.1 Å². The second-order valence-electron chi connectivity index (χ2n) is 5.93. The summed E-state index contributed by atoms with van der Waals surface area (Å²) in [5.41, 5.74) is 3.82. The van der Waals surface area contributed by atoms with Gasteiger partial charge in [-0.25, -0.2) is 4.98 Å². The number of nitro benzene ring substituents is 1. The first-order valence-electron chi connectivity index (χ1n) is 8.35. The summed E-state index contributed by atoms with van der Waals surface area (Å²) >= 11 is 1.36. The van der Waals surface area contributed by atoms with Gasteiger partial charge in [0.2, 0.25) is 5.91 Å². The number of H-pyrrole nitrogens is 1. The van der Waals surface area contributed by atoms with E-state index in [1.165, 1.54) is 23.9 Å². The molecule has 9 heteroatoms. The van der Waals surface area contributed by atoms with E-state index in [-0.39, 0.29) is 17.3 Å². The van der Waals surface area contributed by atoms with Crippen LogP contribution in [0.4, 0.5) is 11.4 Å². The highest BCUT2D eigenvalue weighted by Gasteiger charge is 2.07. The molecule has 0 atom stereocenters. The van der Waals surface area contributed by atoms with Gasteiger partial charge in [0.25, 0.3) is 5.69 Å². The maximum absolute atomic E-state index is 11.9. The molecule has 1 heterocycles. The molecule has 0 bridgehead atoms. The molecule has 0 fully saturated rings. The van der Waals surface area contributed by atoms with E-state index in [9.17, 15) is 14.9 Å². The first-order chi connectivity index (χ1) is 13.0. The van der Waals surface area contributed by atoms with Crippen LogP contribution in [-0.4, -0.2) is 39.6 Å². The lowest BCUT2D eigenvalue weighted by Crippen LogP contribution is -2.30. The third kappa shape index (κ3) is 5.20. The number of hydrogen-bond donors (Lipinski definition) is 3. The van der Waals surface area contributed by atoms with E-state index in [0.717, 1.165) is 27.4 Å². The predicted octanol–water partition coefficient (Wildman–Crippen LogP) is 3.10. The number of anilines is 1. The monoisotopic (exact) mass is 385 g/mol. The zero-order valence-corrected chi connectivity index (χ0v) is 15.5. The van der Waals surface area contributed by atoms with Gasteiger partial charge in [-0.15, -0.1) is 0 Å². The average Bonchev–Trinajstić information content (AvgIpc) is 3.06. The minimum atomic E-state index is -0.440. The predicted molar refractivity (Wildman–Crippen MR) is 106 cm³/mol. The molecule has 0 aliphatic heterocycles. The number of hydrogen-bond acceptors (Lipinski definition) is 6. The smallest absolute Gasteiger partial charge is 0.269 e. The summed E-state index contributed by atoms with van der Waals surface area (Å²) in [4.78, 5) is 29.8. The number of nitrogens with one attached hydrogen (secondary N) is 3. The van der Waals surface area contributed by atoms with Gasteiger partial charge in [0.05, 0.1) is 21.7 Å². The van der Waals surface area contributed by atoms with Crippen LogP contribution in [0.1, 0.15) is 5.56 Å². The van der Waals surface area contributed by atoms with Crippen LogP contribution in [-0.2, 0) is 4.79 Å². The van der Waals surface area contributed by atoms with E-state index in [1.807, 2.05) is 25.1 Å². The van der Waals surface area contributed by atoms with Gasteiger partial charge in [0, 0.05) is 30.9 Å². The van der Waals surface area contributed by atoms with Crippen LogP contribution in [0.3, 0.4) is 0 Å². The van der Waals surface area contributed by atoms with Crippen molar-refractivity contribution in [3.8, 4) is 0 Å². The summed E-state index contributed by atoms with van der Waals surface area (Å²) in [6, 6.07) is 12.1. The fourth-order valence-corrected chi connectivity index (χ4v) is 3.18. The Kier molecular flexibility index (Phi) is 5.92. The normalized spacial score (nSPS) is 10.7. The second-order valence-corrected chi connectivity index (χ2v) is 6.90. The zero-order valence-electron chi connectivity index (χ0n) is 14.7. The van der Waals surface area contributed by atoms with Gasteiger partial charge in [-0.3, -0.25) is 14.9 Å². The van der Waals surface area contributed by atoms with Crippen LogP contribution in [0.2, 0.25) is 0 Å². The number of carbonyl (C=O) groups excluding carboxylic acids is 1. The summed E-state index contributed by atoms with van der Waals surface area (Å²) in [5, 5.41) is 17.2. The van der Waals surface area contributed by atoms with Crippen LogP contribution in [0.25, 0.3) is 11.0 Å². The Balaban J connectivity index is 1.38. The molecule has 0 radical (unpaired) electrons. The number of benzene rings is 2. The summed E-state index contributed by atoms with van der Waals surface area (Å²) in [7, 11) is 0. The number of aryl methyl sites for hydroxylation is 1. The summed E-state index contributed by atoms with van der Waals surface area (Å²) < 4.78 is 0. The summed E-state index contributed by atoms with van der Waals surface area (Å²) in [5.74, 6) is 0.193. The second kappa shape index (κ2) is 8.54. The minimum absolute atomic E-state index is 0.0478. The Morgan fingerprint density at radius 1 is 1.22 bits per heavy atom. The van der Waals surface area contributed by atoms with E-state index in [0.29, 0.717) is 13.1 Å². The van der Waals surface area contributed by atoms with Gasteiger partial charge < -0.3 is 15.6 Å². The molecule has 0 aliphatic carbocycles. The Morgan fingerprint density at radius 3 is 2.74 bits per heavy atom. The molecule has 0 saturated carbocycles. The van der Waals surface area contributed by atoms with Crippen molar-refractivity contribution in [2.75, 3.05) is 24.2 Å². The molecular weight excluding hydrogens is 366 g/mol. The Bertz CT molecular complexity index is 955. The highest BCUT2D eigenvalue weighted by Crippen LogP contribution is 2.20. The summed E-state index contributed by atoms with van der Waals surface area (Å²) in [6.45, 7) is 3.00. The first-order valence-corrected chi connectivity index (χ1v) is 9.34. The average molecular weight is 385 g/mol. The number of nitro groups is 1. The van der Waals surface area contributed by atoms with Crippen molar-refractivity contribution in [2.45, 2.75) is 12.1 Å². The number of amides is 1. The number of aromatic amines is 1. The molecule has 0 unspecified atom stereocenters. The molecule has 140 valence electrons. The molecule has 1 aromatic heterocycles. The van der Waals surface area contributed by atoms with Crippen molar-refractivity contribution in [1.29, 1.82) is 0 Å². The van der Waals surface area contributed by atoms with Crippen molar-refractivity contribution in [3.05, 3.63) is 58.1 Å². The Hall–Kier alpha value is -3.07. The number of non-ortho nitro benzene ring substituents is 1.